The Bertz CT molecular complexity index is 2630. The van der Waals surface area contributed by atoms with Gasteiger partial charge in [-0.1, -0.05) is 151 Å². The minimum absolute atomic E-state index is 0. The van der Waals surface area contributed by atoms with Gasteiger partial charge in [-0.3, -0.25) is 0 Å². The van der Waals surface area contributed by atoms with Crippen LogP contribution in [0.15, 0.2) is 194 Å². The number of phenolic OH excluding ortho intramolecular Hbond substituents is 2. The van der Waals surface area contributed by atoms with Gasteiger partial charge >= 0.3 is 26.2 Å². The number of para-hydroxylation sites is 2. The first-order valence-corrected chi connectivity index (χ1v) is 22.4. The third-order valence-corrected chi connectivity index (χ3v) is 11.1. The first kappa shape index (κ1) is 52.2. The smallest absolute Gasteiger partial charge is 0.507 e. The summed E-state index contributed by atoms with van der Waals surface area (Å²) in [6.45, 7) is 14.0. The number of rotatable bonds is 12. The van der Waals surface area contributed by atoms with Crippen molar-refractivity contribution in [1.82, 2.24) is 0 Å². The van der Waals surface area contributed by atoms with Crippen molar-refractivity contribution < 1.29 is 55.5 Å². The molecule has 0 bridgehead atoms. The van der Waals surface area contributed by atoms with Crippen molar-refractivity contribution in [3.8, 4) is 67.5 Å². The third kappa shape index (κ3) is 14.1. The second-order valence-electron chi connectivity index (χ2n) is 18.1. The van der Waals surface area contributed by atoms with Gasteiger partial charge in [-0.15, -0.1) is 24.3 Å². The van der Waals surface area contributed by atoms with Gasteiger partial charge in [0, 0.05) is 39.8 Å². The maximum absolute atomic E-state index is 11.6. The van der Waals surface area contributed by atoms with E-state index in [2.05, 4.69) is 65.8 Å². The van der Waals surface area contributed by atoms with Gasteiger partial charge in [0.2, 0.25) is 0 Å². The van der Waals surface area contributed by atoms with E-state index in [1.54, 1.807) is 61.1 Å². The molecule has 8 rings (SSSR count). The number of aromatic hydroxyl groups is 2. The second-order valence-corrected chi connectivity index (χ2v) is 18.1. The van der Waals surface area contributed by atoms with Crippen LogP contribution in [0.25, 0.3) is 44.5 Å². The Morgan fingerprint density at radius 3 is 1.00 bits per heavy atom. The zero-order chi connectivity index (χ0) is 47.8. The van der Waals surface area contributed by atoms with Gasteiger partial charge in [-0.2, -0.15) is 35.4 Å². The number of ether oxygens (including phenoxy) is 2. The summed E-state index contributed by atoms with van der Waals surface area (Å²) in [5.74, 6) is 1.88. The summed E-state index contributed by atoms with van der Waals surface area (Å²) in [6.07, 6.45) is 4.19. The standard InChI is InChI=1S/C47H48O4.2C7H5O.Zr/c1-46(2,3)34-28-38(32-18-9-7-10-19-32)44(48)40(30-34)36-22-13-15-24-42(36)50-26-17-27-51-43-25-16-14-23-37(43)41-31-35(47(4,5)6)29-39(45(41)49)33-20-11-8-12-21-33;2*8-6-7-4-2-1-3-5-7;/h7-16,18-25,28-31,48-49H,17,26-27H2,1-6H3;2*1-5H;/q;2*-1;+2. The number of hydrogen-bond donors (Lipinski definition) is 2. The molecule has 342 valence electrons. The van der Waals surface area contributed by atoms with Crippen LogP contribution in [0.3, 0.4) is 0 Å². The summed E-state index contributed by atoms with van der Waals surface area (Å²) < 4.78 is 12.8. The molecule has 8 aromatic carbocycles. The van der Waals surface area contributed by atoms with Crippen molar-refractivity contribution in [2.75, 3.05) is 13.2 Å². The molecule has 0 aliphatic heterocycles. The van der Waals surface area contributed by atoms with Crippen LogP contribution in [0, 0.1) is 0 Å². The molecule has 0 aliphatic rings. The molecule has 0 fully saturated rings. The molecular formula is C61H58O6Zr. The zero-order valence-electron chi connectivity index (χ0n) is 39.6. The molecule has 0 amide bonds. The van der Waals surface area contributed by atoms with Gasteiger partial charge in [-0.05, 0) is 69.5 Å². The van der Waals surface area contributed by atoms with Crippen molar-refractivity contribution in [2.24, 2.45) is 0 Å². The first-order valence-electron chi connectivity index (χ1n) is 22.4. The second kappa shape index (κ2) is 24.8. The summed E-state index contributed by atoms with van der Waals surface area (Å²) >= 11 is 0. The van der Waals surface area contributed by atoms with Gasteiger partial charge in [0.15, 0.2) is 0 Å². The van der Waals surface area contributed by atoms with E-state index in [4.69, 9.17) is 9.47 Å². The van der Waals surface area contributed by atoms with Crippen LogP contribution < -0.4 is 9.47 Å². The van der Waals surface area contributed by atoms with Crippen molar-refractivity contribution in [1.29, 1.82) is 0 Å². The van der Waals surface area contributed by atoms with Crippen molar-refractivity contribution >= 4 is 12.6 Å². The van der Waals surface area contributed by atoms with E-state index in [0.29, 0.717) is 42.3 Å². The fourth-order valence-corrected chi connectivity index (χ4v) is 7.29. The molecule has 0 saturated carbocycles. The van der Waals surface area contributed by atoms with Gasteiger partial charge in [-0.25, -0.2) is 0 Å². The Kier molecular flexibility index (Phi) is 19.0. The molecule has 0 aromatic heterocycles. The fourth-order valence-electron chi connectivity index (χ4n) is 7.29. The van der Waals surface area contributed by atoms with Crippen LogP contribution in [-0.4, -0.2) is 36.0 Å². The largest absolute Gasteiger partial charge is 2.00 e. The van der Waals surface area contributed by atoms with E-state index >= 15 is 0 Å². The molecule has 0 atom stereocenters. The van der Waals surface area contributed by atoms with Crippen molar-refractivity contribution in [2.45, 2.75) is 58.8 Å². The van der Waals surface area contributed by atoms with Crippen LogP contribution >= 0.6 is 0 Å². The molecule has 8 aromatic rings. The average Bonchev–Trinajstić information content (AvgIpc) is 3.35. The minimum Gasteiger partial charge on any atom is -0.507 e. The molecule has 0 unspecified atom stereocenters. The molecule has 0 heterocycles. The van der Waals surface area contributed by atoms with E-state index in [-0.39, 0.29) is 48.5 Å². The molecule has 68 heavy (non-hydrogen) atoms. The summed E-state index contributed by atoms with van der Waals surface area (Å²) in [6, 6.07) is 61.9. The summed E-state index contributed by atoms with van der Waals surface area (Å²) in [7, 11) is 0. The quantitative estimate of drug-likeness (QED) is 0.0936. The Hall–Kier alpha value is -6.82. The zero-order valence-corrected chi connectivity index (χ0v) is 42.1. The summed E-state index contributed by atoms with van der Waals surface area (Å²) in [4.78, 5) is 19.8. The van der Waals surface area contributed by atoms with E-state index in [1.807, 2.05) is 121 Å². The van der Waals surface area contributed by atoms with Crippen LogP contribution in [0.5, 0.6) is 23.0 Å². The number of benzene rings is 8. The Morgan fingerprint density at radius 2 is 0.691 bits per heavy atom. The predicted octanol–water partition coefficient (Wildman–Crippen LogP) is 14.5. The van der Waals surface area contributed by atoms with Gasteiger partial charge in [0.25, 0.3) is 0 Å². The van der Waals surface area contributed by atoms with E-state index in [9.17, 15) is 19.8 Å². The van der Waals surface area contributed by atoms with Crippen molar-refractivity contribution in [3.05, 3.63) is 216 Å². The summed E-state index contributed by atoms with van der Waals surface area (Å²) in [5.41, 5.74) is 9.93. The topological polar surface area (TPSA) is 93.1 Å². The van der Waals surface area contributed by atoms with Gasteiger partial charge < -0.3 is 29.3 Å². The molecule has 6 nitrogen and oxygen atoms in total. The van der Waals surface area contributed by atoms with Crippen LogP contribution in [0.4, 0.5) is 0 Å². The molecule has 0 spiro atoms. The monoisotopic (exact) mass is 976 g/mol. The van der Waals surface area contributed by atoms with Crippen LogP contribution in [-0.2, 0) is 46.6 Å². The fraction of sp³-hybridized carbons (Fsp3) is 0.180. The molecule has 0 aliphatic carbocycles. The predicted molar refractivity (Wildman–Crippen MR) is 273 cm³/mol. The van der Waals surface area contributed by atoms with Crippen LogP contribution in [0.2, 0.25) is 0 Å². The Balaban J connectivity index is 0.000000427. The molecular weight excluding hydrogens is 920 g/mol. The molecule has 2 N–H and O–H groups in total. The first-order chi connectivity index (χ1) is 32.3. The van der Waals surface area contributed by atoms with Crippen molar-refractivity contribution in [3.63, 3.8) is 0 Å². The molecule has 0 saturated heterocycles. The molecule has 7 heteroatoms. The SMILES string of the molecule is CC(C)(C)c1cc(-c2ccccc2)c(O)c(-c2ccccc2OCCCOc2ccccc2-c2cc(C(C)(C)C)cc(-c3ccccc3)c2O)c1.O=[C-]c1ccccc1.O=[C-]c1ccccc1.[Zr+2]. The van der Waals surface area contributed by atoms with E-state index in [0.717, 1.165) is 55.6 Å². The Morgan fingerprint density at radius 1 is 0.397 bits per heavy atom. The minimum atomic E-state index is -0.122. The van der Waals surface area contributed by atoms with Gasteiger partial charge in [0.1, 0.15) is 23.0 Å². The van der Waals surface area contributed by atoms with Crippen LogP contribution in [0.1, 0.15) is 70.2 Å². The Labute approximate surface area is 421 Å². The summed E-state index contributed by atoms with van der Waals surface area (Å²) in [5, 5.41) is 23.3. The number of hydrogen-bond acceptors (Lipinski definition) is 6. The van der Waals surface area contributed by atoms with Gasteiger partial charge in [0.05, 0.1) is 25.8 Å². The normalized spacial score (nSPS) is 10.8. The average molecular weight is 978 g/mol. The molecule has 0 radical (unpaired) electrons. The van der Waals surface area contributed by atoms with E-state index in [1.165, 1.54) is 0 Å². The van der Waals surface area contributed by atoms with E-state index < -0.39 is 0 Å². The number of carbonyl (C=O) groups excluding carboxylic acids is 2. The maximum atomic E-state index is 11.6. The maximum Gasteiger partial charge on any atom is 2.00 e. The number of phenols is 2. The third-order valence-electron chi connectivity index (χ3n) is 11.1.